The fourth-order valence-electron chi connectivity index (χ4n) is 2.66. The molecular weight excluding hydrogens is 312 g/mol. The van der Waals surface area contributed by atoms with Crippen molar-refractivity contribution in [2.45, 2.75) is 24.3 Å². The molecule has 0 N–H and O–H groups in total. The summed E-state index contributed by atoms with van der Waals surface area (Å²) in [5.74, 6) is 2.07. The largest absolute Gasteiger partial charge is 0.342 e. The number of hydrogen-bond acceptors (Lipinski definition) is 4. The highest BCUT2D eigenvalue weighted by atomic mass is 32.2. The molecule has 22 heavy (non-hydrogen) atoms. The van der Waals surface area contributed by atoms with Crippen LogP contribution >= 0.6 is 23.1 Å². The molecule has 3 rings (SSSR count). The summed E-state index contributed by atoms with van der Waals surface area (Å²) in [4.78, 5) is 19.8. The molecule has 0 spiro atoms. The molecule has 5 heteroatoms. The molecule has 0 aromatic carbocycles. The van der Waals surface area contributed by atoms with Crippen LogP contribution in [-0.2, 0) is 11.2 Å². The van der Waals surface area contributed by atoms with Gasteiger partial charge in [-0.25, -0.2) is 4.98 Å². The molecule has 3 heterocycles. The van der Waals surface area contributed by atoms with Gasteiger partial charge in [0.1, 0.15) is 0 Å². The monoisotopic (exact) mass is 332 g/mol. The topological polar surface area (TPSA) is 33.2 Å². The lowest BCUT2D eigenvalue weighted by atomic mass is 9.99. The number of pyridine rings is 1. The predicted molar refractivity (Wildman–Crippen MR) is 92.3 cm³/mol. The van der Waals surface area contributed by atoms with Crippen molar-refractivity contribution in [3.05, 3.63) is 46.8 Å². The van der Waals surface area contributed by atoms with Crippen LogP contribution in [0.25, 0.3) is 0 Å². The van der Waals surface area contributed by atoms with Crippen LogP contribution in [0.5, 0.6) is 0 Å². The number of nitrogens with zero attached hydrogens (tertiary/aromatic N) is 2. The number of likely N-dealkylation sites (tertiary alicyclic amines) is 1. The third kappa shape index (κ3) is 4.34. The average molecular weight is 332 g/mol. The Kier molecular flexibility index (Phi) is 5.51. The van der Waals surface area contributed by atoms with Crippen molar-refractivity contribution in [2.75, 3.05) is 18.8 Å². The van der Waals surface area contributed by atoms with Gasteiger partial charge in [-0.3, -0.25) is 4.79 Å². The number of piperidine rings is 1. The summed E-state index contributed by atoms with van der Waals surface area (Å²) >= 11 is 3.49. The zero-order valence-corrected chi connectivity index (χ0v) is 14.1. The first-order chi connectivity index (χ1) is 10.8. The molecule has 2 aromatic heterocycles. The van der Waals surface area contributed by atoms with E-state index >= 15 is 0 Å². The van der Waals surface area contributed by atoms with Gasteiger partial charge in [-0.15, -0.1) is 23.1 Å². The fraction of sp³-hybridized carbons (Fsp3) is 0.412. The maximum Gasteiger partial charge on any atom is 0.227 e. The Bertz CT molecular complexity index is 578. The normalized spacial score (nSPS) is 15.9. The number of amides is 1. The van der Waals surface area contributed by atoms with Crippen LogP contribution in [0.4, 0.5) is 0 Å². The van der Waals surface area contributed by atoms with Crippen molar-refractivity contribution in [1.82, 2.24) is 9.88 Å². The van der Waals surface area contributed by atoms with Crippen LogP contribution in [0.2, 0.25) is 0 Å². The molecule has 0 aliphatic carbocycles. The van der Waals surface area contributed by atoms with Crippen LogP contribution in [0, 0.1) is 5.92 Å². The second-order valence-corrected chi connectivity index (χ2v) is 7.63. The van der Waals surface area contributed by atoms with E-state index in [-0.39, 0.29) is 5.91 Å². The number of hydrogen-bond donors (Lipinski definition) is 0. The van der Waals surface area contributed by atoms with Crippen LogP contribution in [0.3, 0.4) is 0 Å². The Morgan fingerprint density at radius 1 is 1.27 bits per heavy atom. The standard InChI is InChI=1S/C17H20N2OS2/c20-17(12-15-4-3-11-21-15)19-9-6-14(7-10-19)13-22-16-5-1-2-8-18-16/h1-5,8,11,14H,6-7,9-10,12-13H2. The molecule has 2 aromatic rings. The molecule has 1 aliphatic heterocycles. The lowest BCUT2D eigenvalue weighted by molar-refractivity contribution is -0.131. The van der Waals surface area contributed by atoms with E-state index in [2.05, 4.69) is 11.1 Å². The third-order valence-electron chi connectivity index (χ3n) is 3.98. The summed E-state index contributed by atoms with van der Waals surface area (Å²) in [6.45, 7) is 1.80. The molecule has 0 radical (unpaired) electrons. The Hall–Kier alpha value is -1.33. The lowest BCUT2D eigenvalue weighted by Gasteiger charge is -2.31. The van der Waals surface area contributed by atoms with Gasteiger partial charge < -0.3 is 4.90 Å². The van der Waals surface area contributed by atoms with Gasteiger partial charge in [0.05, 0.1) is 11.4 Å². The van der Waals surface area contributed by atoms with E-state index in [1.807, 2.05) is 52.5 Å². The molecule has 1 amide bonds. The minimum absolute atomic E-state index is 0.276. The van der Waals surface area contributed by atoms with Gasteiger partial charge in [0, 0.05) is 29.9 Å². The van der Waals surface area contributed by atoms with Crippen LogP contribution in [-0.4, -0.2) is 34.6 Å². The van der Waals surface area contributed by atoms with Gasteiger partial charge in [0.25, 0.3) is 0 Å². The first-order valence-corrected chi connectivity index (χ1v) is 9.52. The number of aromatic nitrogens is 1. The summed E-state index contributed by atoms with van der Waals surface area (Å²) < 4.78 is 0. The fourth-order valence-corrected chi connectivity index (χ4v) is 4.40. The second kappa shape index (κ2) is 7.79. The number of carbonyl (C=O) groups excluding carboxylic acids is 1. The first-order valence-electron chi connectivity index (χ1n) is 7.65. The Morgan fingerprint density at radius 3 is 2.82 bits per heavy atom. The SMILES string of the molecule is O=C(Cc1cccs1)N1CCC(CSc2ccccn2)CC1. The second-order valence-electron chi connectivity index (χ2n) is 5.56. The van der Waals surface area contributed by atoms with Crippen LogP contribution in [0.1, 0.15) is 17.7 Å². The molecule has 1 fully saturated rings. The van der Waals surface area contributed by atoms with Gasteiger partial charge in [-0.2, -0.15) is 0 Å². The number of thiophene rings is 1. The highest BCUT2D eigenvalue weighted by molar-refractivity contribution is 7.99. The van der Waals surface area contributed by atoms with Crippen molar-refractivity contribution in [1.29, 1.82) is 0 Å². The van der Waals surface area contributed by atoms with E-state index in [0.29, 0.717) is 12.3 Å². The van der Waals surface area contributed by atoms with Gasteiger partial charge in [0.2, 0.25) is 5.91 Å². The maximum absolute atomic E-state index is 12.3. The maximum atomic E-state index is 12.3. The molecular formula is C17H20N2OS2. The van der Waals surface area contributed by atoms with Crippen molar-refractivity contribution >= 4 is 29.0 Å². The van der Waals surface area contributed by atoms with Crippen LogP contribution in [0.15, 0.2) is 46.9 Å². The predicted octanol–water partition coefficient (Wildman–Crippen LogP) is 3.72. The van der Waals surface area contributed by atoms with E-state index in [0.717, 1.165) is 41.6 Å². The molecule has 3 nitrogen and oxygen atoms in total. The third-order valence-corrected chi connectivity index (χ3v) is 6.03. The van der Waals surface area contributed by atoms with Crippen molar-refractivity contribution in [2.24, 2.45) is 5.92 Å². The first kappa shape index (κ1) is 15.6. The molecule has 1 saturated heterocycles. The highest BCUT2D eigenvalue weighted by Crippen LogP contribution is 2.25. The smallest absolute Gasteiger partial charge is 0.227 e. The van der Waals surface area contributed by atoms with Gasteiger partial charge in [-0.1, -0.05) is 12.1 Å². The highest BCUT2D eigenvalue weighted by Gasteiger charge is 2.23. The summed E-state index contributed by atoms with van der Waals surface area (Å²) in [6, 6.07) is 10.1. The summed E-state index contributed by atoms with van der Waals surface area (Å²) in [7, 11) is 0. The van der Waals surface area contributed by atoms with Gasteiger partial charge in [-0.05, 0) is 42.3 Å². The molecule has 1 aliphatic rings. The van der Waals surface area contributed by atoms with Crippen molar-refractivity contribution in [3.63, 3.8) is 0 Å². The summed E-state index contributed by atoms with van der Waals surface area (Å²) in [6.07, 6.45) is 4.62. The molecule has 116 valence electrons. The van der Waals surface area contributed by atoms with E-state index < -0.39 is 0 Å². The zero-order chi connectivity index (χ0) is 15.2. The van der Waals surface area contributed by atoms with Gasteiger partial charge in [0.15, 0.2) is 0 Å². The van der Waals surface area contributed by atoms with Crippen LogP contribution < -0.4 is 0 Å². The molecule has 0 atom stereocenters. The Labute approximate surface area is 139 Å². The Balaban J connectivity index is 1.41. The van der Waals surface area contributed by atoms with Gasteiger partial charge >= 0.3 is 0 Å². The van der Waals surface area contributed by atoms with E-state index in [9.17, 15) is 4.79 Å². The van der Waals surface area contributed by atoms with E-state index in [1.54, 1.807) is 11.3 Å². The minimum Gasteiger partial charge on any atom is -0.342 e. The molecule has 0 saturated carbocycles. The zero-order valence-electron chi connectivity index (χ0n) is 12.5. The van der Waals surface area contributed by atoms with Crippen molar-refractivity contribution < 1.29 is 4.79 Å². The summed E-state index contributed by atoms with van der Waals surface area (Å²) in [5.41, 5.74) is 0. The van der Waals surface area contributed by atoms with Crippen molar-refractivity contribution in [3.8, 4) is 0 Å². The quantitative estimate of drug-likeness (QED) is 0.783. The lowest BCUT2D eigenvalue weighted by Crippen LogP contribution is -2.39. The summed E-state index contributed by atoms with van der Waals surface area (Å²) in [5, 5.41) is 3.13. The number of carbonyl (C=O) groups is 1. The molecule has 0 bridgehead atoms. The molecule has 0 unspecified atom stereocenters. The minimum atomic E-state index is 0.276. The Morgan fingerprint density at radius 2 is 2.14 bits per heavy atom. The van der Waals surface area contributed by atoms with E-state index in [4.69, 9.17) is 0 Å². The van der Waals surface area contributed by atoms with E-state index in [1.165, 1.54) is 0 Å². The number of rotatable bonds is 5. The number of thioether (sulfide) groups is 1. The average Bonchev–Trinajstić information content (AvgIpc) is 3.07.